The van der Waals surface area contributed by atoms with E-state index in [2.05, 4.69) is 39.6 Å². The Bertz CT molecular complexity index is 1000. The Morgan fingerprint density at radius 2 is 1.85 bits per heavy atom. The molecule has 1 aromatic heterocycles. The Balaban J connectivity index is 1.71. The summed E-state index contributed by atoms with van der Waals surface area (Å²) in [7, 11) is 0. The van der Waals surface area contributed by atoms with E-state index in [0.717, 1.165) is 36.5 Å². The Morgan fingerprint density at radius 1 is 1.08 bits per heavy atom. The van der Waals surface area contributed by atoms with Crippen molar-refractivity contribution in [3.63, 3.8) is 0 Å². The van der Waals surface area contributed by atoms with Crippen molar-refractivity contribution in [3.8, 4) is 0 Å². The van der Waals surface area contributed by atoms with Gasteiger partial charge in [0, 0.05) is 10.4 Å². The molecule has 2 heterocycles. The third kappa shape index (κ3) is 3.30. The molecule has 0 saturated carbocycles. The van der Waals surface area contributed by atoms with Crippen molar-refractivity contribution >= 4 is 28.6 Å². The summed E-state index contributed by atoms with van der Waals surface area (Å²) in [5.41, 5.74) is 2.92. The summed E-state index contributed by atoms with van der Waals surface area (Å²) >= 11 is 6.07. The van der Waals surface area contributed by atoms with Crippen molar-refractivity contribution in [1.82, 2.24) is 15.3 Å². The highest BCUT2D eigenvalue weighted by Gasteiger charge is 2.31. The van der Waals surface area contributed by atoms with Crippen molar-refractivity contribution in [2.45, 2.75) is 18.3 Å². The molecule has 5 heteroatoms. The Morgan fingerprint density at radius 3 is 2.62 bits per heavy atom. The summed E-state index contributed by atoms with van der Waals surface area (Å²) in [5, 5.41) is 4.81. The van der Waals surface area contributed by atoms with E-state index in [1.54, 1.807) is 0 Å². The van der Waals surface area contributed by atoms with Gasteiger partial charge in [0.2, 0.25) is 0 Å². The molecule has 132 valence electrons. The molecule has 0 amide bonds. The van der Waals surface area contributed by atoms with E-state index < -0.39 is 0 Å². The highest BCUT2D eigenvalue weighted by atomic mass is 35.5. The van der Waals surface area contributed by atoms with E-state index >= 15 is 0 Å². The predicted molar refractivity (Wildman–Crippen MR) is 107 cm³/mol. The van der Waals surface area contributed by atoms with E-state index in [1.165, 1.54) is 11.9 Å². The van der Waals surface area contributed by atoms with Crippen LogP contribution in [0.1, 0.15) is 24.0 Å². The van der Waals surface area contributed by atoms with Crippen molar-refractivity contribution in [3.05, 3.63) is 81.4 Å². The zero-order valence-corrected chi connectivity index (χ0v) is 15.1. The van der Waals surface area contributed by atoms with Gasteiger partial charge in [-0.3, -0.25) is 4.79 Å². The highest BCUT2D eigenvalue weighted by Crippen LogP contribution is 2.36. The molecular weight excluding hydrogens is 346 g/mol. The first-order valence-corrected chi connectivity index (χ1v) is 9.18. The van der Waals surface area contributed by atoms with Gasteiger partial charge in [-0.1, -0.05) is 42.0 Å². The molecule has 3 aromatic rings. The van der Waals surface area contributed by atoms with Crippen LogP contribution < -0.4 is 10.9 Å². The number of allylic oxidation sites excluding steroid dienone is 1. The fraction of sp³-hybridized carbons (Fsp3) is 0.238. The van der Waals surface area contributed by atoms with Gasteiger partial charge in [0.1, 0.15) is 0 Å². The zero-order chi connectivity index (χ0) is 18.0. The predicted octanol–water partition coefficient (Wildman–Crippen LogP) is 3.91. The summed E-state index contributed by atoms with van der Waals surface area (Å²) in [6, 6.07) is 13.9. The van der Waals surface area contributed by atoms with Crippen LogP contribution in [0.25, 0.3) is 17.0 Å². The zero-order valence-electron chi connectivity index (χ0n) is 14.3. The number of hydrogen-bond acceptors (Lipinski definition) is 3. The molecular formula is C21H20ClN3O. The number of hydrogen-bond donors (Lipinski definition) is 2. The van der Waals surface area contributed by atoms with Crippen LogP contribution in [0.4, 0.5) is 0 Å². The van der Waals surface area contributed by atoms with Crippen molar-refractivity contribution < 1.29 is 0 Å². The quantitative estimate of drug-likeness (QED) is 0.739. The lowest BCUT2D eigenvalue weighted by Gasteiger charge is -2.36. The number of rotatable bonds is 3. The van der Waals surface area contributed by atoms with Gasteiger partial charge in [-0.15, -0.1) is 0 Å². The van der Waals surface area contributed by atoms with E-state index in [0.29, 0.717) is 10.9 Å². The van der Waals surface area contributed by atoms with E-state index in [1.807, 2.05) is 30.3 Å². The third-order valence-corrected chi connectivity index (χ3v) is 5.43. The van der Waals surface area contributed by atoms with Gasteiger partial charge in [-0.25, -0.2) is 4.98 Å². The maximum atomic E-state index is 11.8. The van der Waals surface area contributed by atoms with Gasteiger partial charge >= 0.3 is 0 Å². The minimum Gasteiger partial charge on any atom is -0.317 e. The van der Waals surface area contributed by atoms with Crippen LogP contribution in [0.15, 0.2) is 59.7 Å². The lowest BCUT2D eigenvalue weighted by Crippen LogP contribution is -2.38. The van der Waals surface area contributed by atoms with Crippen molar-refractivity contribution in [2.75, 3.05) is 13.1 Å². The first-order valence-electron chi connectivity index (χ1n) is 8.80. The normalized spacial score (nSPS) is 17.0. The monoisotopic (exact) mass is 365 g/mol. The standard InChI is InChI=1S/C21H20ClN3O/c22-17-4-2-16(3-5-17)21(9-11-23-12-10-21)8-7-15-1-6-18-19(13-15)24-14-25-20(18)26/h1-8,13-14,23H,9-12H2,(H,24,25,26). The molecule has 1 aliphatic rings. The molecule has 0 unspecified atom stereocenters. The minimum atomic E-state index is -0.110. The molecule has 4 rings (SSSR count). The number of aromatic amines is 1. The van der Waals surface area contributed by atoms with Crippen LogP contribution in [0, 0.1) is 0 Å². The average Bonchev–Trinajstić information content (AvgIpc) is 2.68. The number of nitrogens with one attached hydrogen (secondary N) is 2. The smallest absolute Gasteiger partial charge is 0.258 e. The summed E-state index contributed by atoms with van der Waals surface area (Å²) < 4.78 is 0. The molecule has 1 fully saturated rings. The molecule has 1 aliphatic heterocycles. The first kappa shape index (κ1) is 17.0. The Labute approximate surface area is 156 Å². The second-order valence-corrected chi connectivity index (χ2v) is 7.19. The van der Waals surface area contributed by atoms with Crippen molar-refractivity contribution in [1.29, 1.82) is 0 Å². The van der Waals surface area contributed by atoms with Crippen LogP contribution in [-0.4, -0.2) is 23.1 Å². The van der Waals surface area contributed by atoms with Crippen LogP contribution >= 0.6 is 11.6 Å². The first-order chi connectivity index (χ1) is 12.7. The SMILES string of the molecule is O=c1[nH]cnc2cc(C=CC3(c4ccc(Cl)cc4)CCNCC3)ccc12. The number of halogens is 1. The van der Waals surface area contributed by atoms with Gasteiger partial charge in [0.25, 0.3) is 5.56 Å². The second kappa shape index (κ2) is 7.06. The van der Waals surface area contributed by atoms with Gasteiger partial charge in [0.15, 0.2) is 0 Å². The van der Waals surface area contributed by atoms with E-state index in [4.69, 9.17) is 11.6 Å². The number of piperidine rings is 1. The van der Waals surface area contributed by atoms with Crippen LogP contribution in [-0.2, 0) is 5.41 Å². The maximum absolute atomic E-state index is 11.8. The molecule has 0 aliphatic carbocycles. The summed E-state index contributed by atoms with van der Waals surface area (Å²) in [4.78, 5) is 18.7. The molecule has 2 aromatic carbocycles. The number of fused-ring (bicyclic) bond motifs is 1. The molecule has 4 nitrogen and oxygen atoms in total. The average molecular weight is 366 g/mol. The van der Waals surface area contributed by atoms with Crippen molar-refractivity contribution in [2.24, 2.45) is 0 Å². The van der Waals surface area contributed by atoms with Gasteiger partial charge in [0.05, 0.1) is 17.2 Å². The third-order valence-electron chi connectivity index (χ3n) is 5.18. The number of benzene rings is 2. The lowest BCUT2D eigenvalue weighted by molar-refractivity contribution is 0.375. The number of aromatic nitrogens is 2. The fourth-order valence-corrected chi connectivity index (χ4v) is 3.78. The summed E-state index contributed by atoms with van der Waals surface area (Å²) in [5.74, 6) is 0. The van der Waals surface area contributed by atoms with E-state index in [-0.39, 0.29) is 11.0 Å². The molecule has 0 atom stereocenters. The molecule has 2 N–H and O–H groups in total. The molecule has 26 heavy (non-hydrogen) atoms. The lowest BCUT2D eigenvalue weighted by atomic mass is 9.73. The molecule has 1 saturated heterocycles. The Kier molecular flexibility index (Phi) is 4.62. The Hall–Kier alpha value is -2.43. The van der Waals surface area contributed by atoms with Crippen LogP contribution in [0.2, 0.25) is 5.02 Å². The number of nitrogens with zero attached hydrogens (tertiary/aromatic N) is 1. The second-order valence-electron chi connectivity index (χ2n) is 6.75. The molecule has 0 spiro atoms. The van der Waals surface area contributed by atoms with Crippen LogP contribution in [0.5, 0.6) is 0 Å². The number of H-pyrrole nitrogens is 1. The fourth-order valence-electron chi connectivity index (χ4n) is 3.65. The minimum absolute atomic E-state index is 0.00755. The van der Waals surface area contributed by atoms with Crippen LogP contribution in [0.3, 0.4) is 0 Å². The van der Waals surface area contributed by atoms with Gasteiger partial charge in [-0.2, -0.15) is 0 Å². The van der Waals surface area contributed by atoms with Gasteiger partial charge in [-0.05, 0) is 61.3 Å². The summed E-state index contributed by atoms with van der Waals surface area (Å²) in [6.07, 6.45) is 7.96. The highest BCUT2D eigenvalue weighted by molar-refractivity contribution is 6.30. The molecule has 0 bridgehead atoms. The van der Waals surface area contributed by atoms with E-state index in [9.17, 15) is 4.79 Å². The van der Waals surface area contributed by atoms with Gasteiger partial charge < -0.3 is 10.3 Å². The summed E-state index contributed by atoms with van der Waals surface area (Å²) in [6.45, 7) is 1.98. The largest absolute Gasteiger partial charge is 0.317 e. The molecule has 0 radical (unpaired) electrons. The topological polar surface area (TPSA) is 57.8 Å². The maximum Gasteiger partial charge on any atom is 0.258 e.